The van der Waals surface area contributed by atoms with Crippen LogP contribution in [0.25, 0.3) is 16.9 Å². The van der Waals surface area contributed by atoms with E-state index in [4.69, 9.17) is 11.6 Å². The summed E-state index contributed by atoms with van der Waals surface area (Å²) in [6.45, 7) is 5.27. The monoisotopic (exact) mass is 518 g/mol. The molecule has 190 valence electrons. The molecule has 2 saturated heterocycles. The summed E-state index contributed by atoms with van der Waals surface area (Å²) in [7, 11) is 0. The third-order valence-corrected chi connectivity index (χ3v) is 7.16. The van der Waals surface area contributed by atoms with Gasteiger partial charge in [0.05, 0.1) is 5.56 Å². The Morgan fingerprint density at radius 1 is 1.08 bits per heavy atom. The predicted octanol–water partition coefficient (Wildman–Crippen LogP) is 5.01. The molecule has 2 aliphatic heterocycles. The number of hydrogen-bond donors (Lipinski definition) is 0. The third-order valence-electron chi connectivity index (χ3n) is 6.99. The summed E-state index contributed by atoms with van der Waals surface area (Å²) in [5.41, 5.74) is 0.731. The van der Waals surface area contributed by atoms with Crippen LogP contribution in [0.3, 0.4) is 0 Å². The van der Waals surface area contributed by atoms with Gasteiger partial charge in [0, 0.05) is 24.7 Å². The Morgan fingerprint density at radius 2 is 1.81 bits per heavy atom. The molecule has 0 N–H and O–H groups in total. The molecule has 5 rings (SSSR count). The molecule has 2 aromatic heterocycles. The summed E-state index contributed by atoms with van der Waals surface area (Å²) in [6.07, 6.45) is 1.13. The van der Waals surface area contributed by atoms with Crippen molar-refractivity contribution in [3.05, 3.63) is 58.8 Å². The van der Waals surface area contributed by atoms with Gasteiger partial charge in [0.25, 0.3) is 5.91 Å². The van der Waals surface area contributed by atoms with Gasteiger partial charge in [-0.05, 0) is 86.6 Å². The highest BCUT2D eigenvalue weighted by atomic mass is 35.5. The lowest BCUT2D eigenvalue weighted by molar-refractivity contribution is -0.137. The fraction of sp³-hybridized carbons (Fsp3) is 0.440. The summed E-state index contributed by atoms with van der Waals surface area (Å²) in [4.78, 5) is 26.4. The Morgan fingerprint density at radius 3 is 2.44 bits per heavy atom. The summed E-state index contributed by atoms with van der Waals surface area (Å²) in [5.74, 6) is -0.00921. The lowest BCUT2D eigenvalue weighted by Gasteiger charge is -2.36. The molecule has 1 amide bonds. The van der Waals surface area contributed by atoms with E-state index in [1.54, 1.807) is 19.1 Å². The number of pyridine rings is 1. The molecule has 0 saturated carbocycles. The van der Waals surface area contributed by atoms with Crippen LogP contribution < -0.4 is 0 Å². The maximum atomic E-state index is 13.5. The highest BCUT2D eigenvalue weighted by Crippen LogP contribution is 2.34. The first-order valence-electron chi connectivity index (χ1n) is 12.0. The average Bonchev–Trinajstić information content (AvgIpc) is 3.55. The van der Waals surface area contributed by atoms with Crippen LogP contribution in [-0.4, -0.2) is 67.7 Å². The van der Waals surface area contributed by atoms with Crippen LogP contribution in [0, 0.1) is 6.92 Å². The van der Waals surface area contributed by atoms with Gasteiger partial charge in [-0.1, -0.05) is 12.1 Å². The number of piperidine rings is 1. The van der Waals surface area contributed by atoms with Crippen molar-refractivity contribution < 1.29 is 18.0 Å². The smallest absolute Gasteiger partial charge is 0.337 e. The summed E-state index contributed by atoms with van der Waals surface area (Å²) >= 11 is 5.92. The number of carbonyl (C=O) groups is 1. The van der Waals surface area contributed by atoms with Crippen molar-refractivity contribution in [1.82, 2.24) is 29.5 Å². The van der Waals surface area contributed by atoms with Crippen LogP contribution in [0.1, 0.15) is 47.3 Å². The molecule has 0 spiro atoms. The molecule has 3 aromatic rings. The fourth-order valence-corrected chi connectivity index (χ4v) is 5.23. The van der Waals surface area contributed by atoms with E-state index in [-0.39, 0.29) is 22.7 Å². The molecule has 4 heterocycles. The minimum atomic E-state index is -4.49. The highest BCUT2D eigenvalue weighted by Gasteiger charge is 2.32. The van der Waals surface area contributed by atoms with Crippen molar-refractivity contribution in [3.8, 4) is 16.9 Å². The number of nitrogens with zero attached hydrogens (tertiary/aromatic N) is 6. The van der Waals surface area contributed by atoms with E-state index in [0.29, 0.717) is 35.8 Å². The summed E-state index contributed by atoms with van der Waals surface area (Å²) < 4.78 is 41.4. The van der Waals surface area contributed by atoms with Gasteiger partial charge < -0.3 is 9.80 Å². The first-order valence-corrected chi connectivity index (χ1v) is 12.4. The number of halogens is 4. The number of benzene rings is 1. The first kappa shape index (κ1) is 24.7. The number of aryl methyl sites for hydroxylation is 1. The maximum absolute atomic E-state index is 13.5. The number of rotatable bonds is 4. The van der Waals surface area contributed by atoms with Crippen LogP contribution in [0.4, 0.5) is 13.2 Å². The van der Waals surface area contributed by atoms with E-state index in [0.717, 1.165) is 38.1 Å². The Balaban J connectivity index is 1.48. The van der Waals surface area contributed by atoms with Crippen molar-refractivity contribution in [2.45, 2.75) is 44.8 Å². The lowest BCUT2D eigenvalue weighted by Crippen LogP contribution is -2.46. The molecule has 36 heavy (non-hydrogen) atoms. The molecular formula is C25H26ClF3N6O. The number of likely N-dealkylation sites (tertiary alicyclic amines) is 2. The second-order valence-corrected chi connectivity index (χ2v) is 9.67. The number of carbonyl (C=O) groups excluding carboxylic acids is 1. The standard InChI is InChI=1S/C25H26ClF3N6O/c1-16-13-20(17-5-4-6-18(14-17)25(27,28)29)22(35-15-30-24(26)32-35)31-21(16)23(36)34-11-7-19(8-12-34)33-9-2-3-10-33/h4-6,13-15,19H,2-3,7-12H2,1H3. The second kappa shape index (κ2) is 9.82. The summed E-state index contributed by atoms with van der Waals surface area (Å²) in [6, 6.07) is 7.16. The molecule has 2 aliphatic rings. The Bertz CT molecular complexity index is 1260. The fourth-order valence-electron chi connectivity index (χ4n) is 5.11. The van der Waals surface area contributed by atoms with Gasteiger partial charge in [-0.25, -0.2) is 14.6 Å². The van der Waals surface area contributed by atoms with E-state index < -0.39 is 11.7 Å². The Kier molecular flexibility index (Phi) is 6.74. The van der Waals surface area contributed by atoms with E-state index in [1.807, 2.05) is 4.90 Å². The lowest BCUT2D eigenvalue weighted by atomic mass is 9.99. The van der Waals surface area contributed by atoms with Gasteiger partial charge in [-0.2, -0.15) is 13.2 Å². The van der Waals surface area contributed by atoms with Gasteiger partial charge in [0.1, 0.15) is 12.0 Å². The van der Waals surface area contributed by atoms with E-state index in [1.165, 1.54) is 29.9 Å². The maximum Gasteiger partial charge on any atom is 0.416 e. The van der Waals surface area contributed by atoms with Crippen molar-refractivity contribution >= 4 is 17.5 Å². The molecule has 0 unspecified atom stereocenters. The molecule has 1 aromatic carbocycles. The number of alkyl halides is 3. The topological polar surface area (TPSA) is 67.2 Å². The van der Waals surface area contributed by atoms with Crippen molar-refractivity contribution in [2.24, 2.45) is 0 Å². The van der Waals surface area contributed by atoms with Crippen LogP contribution in [-0.2, 0) is 6.18 Å². The molecule has 0 bridgehead atoms. The zero-order valence-corrected chi connectivity index (χ0v) is 20.6. The normalized spacial score (nSPS) is 17.6. The molecule has 0 atom stereocenters. The van der Waals surface area contributed by atoms with Crippen LogP contribution >= 0.6 is 11.6 Å². The largest absolute Gasteiger partial charge is 0.416 e. The second-order valence-electron chi connectivity index (χ2n) is 9.33. The quantitative estimate of drug-likeness (QED) is 0.486. The first-order chi connectivity index (χ1) is 17.2. The Labute approximate surface area is 211 Å². The minimum absolute atomic E-state index is 0.0378. The molecule has 11 heteroatoms. The van der Waals surface area contributed by atoms with Crippen molar-refractivity contribution in [2.75, 3.05) is 26.2 Å². The number of hydrogen-bond acceptors (Lipinski definition) is 5. The molecule has 0 radical (unpaired) electrons. The van der Waals surface area contributed by atoms with Gasteiger partial charge in [0.15, 0.2) is 5.82 Å². The molecule has 0 aliphatic carbocycles. The van der Waals surface area contributed by atoms with Crippen LogP contribution in [0.15, 0.2) is 36.7 Å². The van der Waals surface area contributed by atoms with E-state index in [9.17, 15) is 18.0 Å². The van der Waals surface area contributed by atoms with Crippen molar-refractivity contribution in [3.63, 3.8) is 0 Å². The number of aromatic nitrogens is 4. The average molecular weight is 519 g/mol. The predicted molar refractivity (Wildman–Crippen MR) is 129 cm³/mol. The Hall–Kier alpha value is -2.98. The molecular weight excluding hydrogens is 493 g/mol. The van der Waals surface area contributed by atoms with Gasteiger partial charge in [-0.3, -0.25) is 4.79 Å². The van der Waals surface area contributed by atoms with E-state index in [2.05, 4.69) is 20.0 Å². The number of amides is 1. The van der Waals surface area contributed by atoms with Crippen LogP contribution in [0.5, 0.6) is 0 Å². The molecule has 7 nitrogen and oxygen atoms in total. The molecule has 2 fully saturated rings. The highest BCUT2D eigenvalue weighted by molar-refractivity contribution is 6.28. The van der Waals surface area contributed by atoms with Gasteiger partial charge >= 0.3 is 6.18 Å². The third kappa shape index (κ3) is 4.97. The summed E-state index contributed by atoms with van der Waals surface area (Å²) in [5, 5.41) is 4.05. The zero-order valence-electron chi connectivity index (χ0n) is 19.8. The van der Waals surface area contributed by atoms with Gasteiger partial charge in [-0.15, -0.1) is 5.10 Å². The SMILES string of the molecule is Cc1cc(-c2cccc(C(F)(F)F)c2)c(-n2cnc(Cl)n2)nc1C(=O)N1CCC(N2CCCC2)CC1. The zero-order chi connectivity index (χ0) is 25.4. The van der Waals surface area contributed by atoms with Crippen LogP contribution in [0.2, 0.25) is 5.28 Å². The van der Waals surface area contributed by atoms with Crippen molar-refractivity contribution in [1.29, 1.82) is 0 Å². The van der Waals surface area contributed by atoms with E-state index >= 15 is 0 Å². The van der Waals surface area contributed by atoms with Gasteiger partial charge in [0.2, 0.25) is 5.28 Å². The minimum Gasteiger partial charge on any atom is -0.337 e.